The third-order valence-electron chi connectivity index (χ3n) is 4.00. The highest BCUT2D eigenvalue weighted by Crippen LogP contribution is 2.33. The normalized spacial score (nSPS) is 13.1. The maximum Gasteiger partial charge on any atom is 0.0767 e. The van der Waals surface area contributed by atoms with E-state index in [1.807, 2.05) is 13.0 Å². The molecule has 0 spiro atoms. The van der Waals surface area contributed by atoms with Crippen LogP contribution in [-0.2, 0) is 6.42 Å². The molecule has 0 saturated heterocycles. The Hall–Kier alpha value is -1.64. The maximum absolute atomic E-state index is 10.0. The Morgan fingerprint density at radius 3 is 2.50 bits per heavy atom. The van der Waals surface area contributed by atoms with Crippen molar-refractivity contribution in [3.05, 3.63) is 59.7 Å². The van der Waals surface area contributed by atoms with E-state index in [0.29, 0.717) is 0 Å². The van der Waals surface area contributed by atoms with E-state index in [0.717, 1.165) is 12.0 Å². The van der Waals surface area contributed by atoms with Crippen molar-refractivity contribution in [1.29, 1.82) is 0 Å². The molecule has 2 heteroatoms. The van der Waals surface area contributed by atoms with E-state index in [9.17, 15) is 5.11 Å². The fourth-order valence-corrected chi connectivity index (χ4v) is 3.59. The van der Waals surface area contributed by atoms with Crippen LogP contribution >= 0.6 is 0 Å². The predicted molar refractivity (Wildman–Crippen MR) is 90.5 cm³/mol. The number of fused-ring (bicyclic) bond motifs is 2. The molecular formula is C18H20OSi. The van der Waals surface area contributed by atoms with Crippen molar-refractivity contribution in [3.63, 3.8) is 0 Å². The van der Waals surface area contributed by atoms with Crippen molar-refractivity contribution in [3.8, 4) is 0 Å². The summed E-state index contributed by atoms with van der Waals surface area (Å²) < 4.78 is 0. The molecular weight excluding hydrogens is 260 g/mol. The van der Waals surface area contributed by atoms with Crippen LogP contribution in [0.3, 0.4) is 0 Å². The van der Waals surface area contributed by atoms with Crippen molar-refractivity contribution >= 4 is 31.8 Å². The van der Waals surface area contributed by atoms with Gasteiger partial charge in [0.05, 0.1) is 6.10 Å². The first-order valence-corrected chi connectivity index (χ1v) is 8.75. The lowest BCUT2D eigenvalue weighted by molar-refractivity contribution is 0.201. The smallest absolute Gasteiger partial charge is 0.0767 e. The topological polar surface area (TPSA) is 20.2 Å². The molecule has 20 heavy (non-hydrogen) atoms. The van der Waals surface area contributed by atoms with Crippen LogP contribution in [0.5, 0.6) is 0 Å². The second-order valence-electron chi connectivity index (χ2n) is 5.44. The highest BCUT2D eigenvalue weighted by atomic mass is 28.1. The van der Waals surface area contributed by atoms with Crippen molar-refractivity contribution in [2.75, 3.05) is 0 Å². The van der Waals surface area contributed by atoms with Gasteiger partial charge in [0.2, 0.25) is 0 Å². The quantitative estimate of drug-likeness (QED) is 0.576. The Labute approximate surface area is 122 Å². The first-order valence-electron chi connectivity index (χ1n) is 7.33. The lowest BCUT2D eigenvalue weighted by atomic mass is 9.91. The summed E-state index contributed by atoms with van der Waals surface area (Å²) in [7, 11) is 1.22. The molecule has 0 aliphatic rings. The number of hydrogen-bond donors (Lipinski definition) is 1. The molecule has 0 radical (unpaired) electrons. The van der Waals surface area contributed by atoms with Gasteiger partial charge in [-0.25, -0.2) is 0 Å². The molecule has 0 aromatic heterocycles. The Morgan fingerprint density at radius 1 is 1.00 bits per heavy atom. The first kappa shape index (κ1) is 13.3. The molecule has 0 aliphatic carbocycles. The summed E-state index contributed by atoms with van der Waals surface area (Å²) in [6.45, 7) is 1.84. The van der Waals surface area contributed by atoms with Gasteiger partial charge in [-0.3, -0.25) is 0 Å². The molecule has 1 atom stereocenters. The van der Waals surface area contributed by atoms with Crippen molar-refractivity contribution < 1.29 is 5.11 Å². The summed E-state index contributed by atoms with van der Waals surface area (Å²) in [6, 6.07) is 18.4. The fraction of sp³-hybridized carbons (Fsp3) is 0.222. The lowest BCUT2D eigenvalue weighted by Gasteiger charge is -2.15. The van der Waals surface area contributed by atoms with Crippen LogP contribution < -0.4 is 0 Å². The van der Waals surface area contributed by atoms with Gasteiger partial charge in [0.15, 0.2) is 0 Å². The molecule has 0 fully saturated rings. The van der Waals surface area contributed by atoms with Gasteiger partial charge in [0.25, 0.3) is 0 Å². The first-order chi connectivity index (χ1) is 9.72. The third kappa shape index (κ3) is 2.15. The molecule has 102 valence electrons. The molecule has 0 aliphatic heterocycles. The molecule has 0 amide bonds. The Balaban J connectivity index is 2.46. The van der Waals surface area contributed by atoms with E-state index >= 15 is 0 Å². The number of hydrogen-bond acceptors (Lipinski definition) is 1. The minimum atomic E-state index is -0.427. The molecule has 3 rings (SSSR count). The van der Waals surface area contributed by atoms with Gasteiger partial charge in [0.1, 0.15) is 0 Å². The SMILES string of the molecule is CC(O)c1cccc2c(CC[SiH3])c3ccccc3cc12. The van der Waals surface area contributed by atoms with Gasteiger partial charge in [-0.05, 0) is 52.1 Å². The average molecular weight is 280 g/mol. The van der Waals surface area contributed by atoms with E-state index in [2.05, 4.69) is 42.5 Å². The molecule has 0 saturated carbocycles. The van der Waals surface area contributed by atoms with Gasteiger partial charge >= 0.3 is 0 Å². The number of benzene rings is 3. The minimum absolute atomic E-state index is 0.427. The summed E-state index contributed by atoms with van der Waals surface area (Å²) in [5, 5.41) is 15.2. The molecule has 3 aromatic rings. The zero-order valence-corrected chi connectivity index (χ0v) is 14.1. The van der Waals surface area contributed by atoms with Crippen LogP contribution in [0.2, 0.25) is 6.04 Å². The second kappa shape index (κ2) is 5.39. The Kier molecular flexibility index (Phi) is 3.60. The van der Waals surface area contributed by atoms with E-state index in [-0.39, 0.29) is 0 Å². The summed E-state index contributed by atoms with van der Waals surface area (Å²) in [5.74, 6) is 0. The summed E-state index contributed by atoms with van der Waals surface area (Å²) in [4.78, 5) is 0. The summed E-state index contributed by atoms with van der Waals surface area (Å²) >= 11 is 0. The zero-order chi connectivity index (χ0) is 14.1. The fourth-order valence-electron chi connectivity index (χ4n) is 3.09. The van der Waals surface area contributed by atoms with E-state index < -0.39 is 6.10 Å². The minimum Gasteiger partial charge on any atom is -0.389 e. The summed E-state index contributed by atoms with van der Waals surface area (Å²) in [5.41, 5.74) is 2.47. The maximum atomic E-state index is 10.0. The summed E-state index contributed by atoms with van der Waals surface area (Å²) in [6.07, 6.45) is 0.705. The highest BCUT2D eigenvalue weighted by molar-refractivity contribution is 6.09. The van der Waals surface area contributed by atoms with Gasteiger partial charge in [0, 0.05) is 10.2 Å². The van der Waals surface area contributed by atoms with Crippen LogP contribution in [0.4, 0.5) is 0 Å². The second-order valence-corrected chi connectivity index (χ2v) is 6.44. The van der Waals surface area contributed by atoms with Gasteiger partial charge < -0.3 is 5.11 Å². The van der Waals surface area contributed by atoms with Gasteiger partial charge in [-0.1, -0.05) is 48.5 Å². The predicted octanol–water partition coefficient (Wildman–Crippen LogP) is 3.37. The van der Waals surface area contributed by atoms with E-state index in [4.69, 9.17) is 0 Å². The van der Waals surface area contributed by atoms with Crippen LogP contribution in [0.25, 0.3) is 21.5 Å². The zero-order valence-electron chi connectivity index (χ0n) is 12.1. The standard InChI is InChI=1S/C18H20OSi/c1-12(19)14-7-4-8-16-17(9-10-20)15-6-3-2-5-13(15)11-18(14)16/h2-8,11-12,19H,9-10H2,1,20H3. The number of aryl methyl sites for hydroxylation is 1. The largest absolute Gasteiger partial charge is 0.389 e. The monoisotopic (exact) mass is 280 g/mol. The van der Waals surface area contributed by atoms with Gasteiger partial charge in [-0.15, -0.1) is 0 Å². The van der Waals surface area contributed by atoms with Crippen molar-refractivity contribution in [1.82, 2.24) is 0 Å². The molecule has 3 aromatic carbocycles. The van der Waals surface area contributed by atoms with E-state index in [1.165, 1.54) is 43.4 Å². The Bertz CT molecular complexity index is 762. The van der Waals surface area contributed by atoms with Crippen molar-refractivity contribution in [2.24, 2.45) is 0 Å². The lowest BCUT2D eigenvalue weighted by Crippen LogP contribution is -1.96. The van der Waals surface area contributed by atoms with Crippen LogP contribution in [0.1, 0.15) is 24.2 Å². The van der Waals surface area contributed by atoms with Crippen LogP contribution in [0, 0.1) is 0 Å². The van der Waals surface area contributed by atoms with Crippen molar-refractivity contribution in [2.45, 2.75) is 25.5 Å². The highest BCUT2D eigenvalue weighted by Gasteiger charge is 2.11. The van der Waals surface area contributed by atoms with Gasteiger partial charge in [-0.2, -0.15) is 0 Å². The molecule has 0 bridgehead atoms. The van der Waals surface area contributed by atoms with E-state index in [1.54, 1.807) is 0 Å². The average Bonchev–Trinajstić information content (AvgIpc) is 2.46. The van der Waals surface area contributed by atoms with Crippen LogP contribution in [0.15, 0.2) is 48.5 Å². The van der Waals surface area contributed by atoms with Crippen LogP contribution in [-0.4, -0.2) is 15.3 Å². The molecule has 1 unspecified atom stereocenters. The number of rotatable bonds is 3. The number of aliphatic hydroxyl groups excluding tert-OH is 1. The molecule has 0 heterocycles. The molecule has 1 nitrogen and oxygen atoms in total. The Morgan fingerprint density at radius 2 is 1.75 bits per heavy atom. The molecule has 1 N–H and O–H groups in total. The third-order valence-corrected chi connectivity index (χ3v) is 4.50. The number of aliphatic hydroxyl groups is 1.